The van der Waals surface area contributed by atoms with E-state index < -0.39 is 7.60 Å². The van der Waals surface area contributed by atoms with E-state index in [0.717, 1.165) is 25.0 Å². The predicted octanol–water partition coefficient (Wildman–Crippen LogP) is 3.78. The molecule has 1 rings (SSSR count). The van der Waals surface area contributed by atoms with Crippen molar-refractivity contribution in [3.05, 3.63) is 17.8 Å². The number of aryl methyl sites for hydroxylation is 1. The third-order valence-corrected chi connectivity index (χ3v) is 4.32. The molecule has 5 nitrogen and oxygen atoms in total. The normalized spacial score (nSPS) is 11.9. The molecule has 0 atom stereocenters. The lowest BCUT2D eigenvalue weighted by Crippen LogP contribution is -1.99. The second-order valence-electron chi connectivity index (χ2n) is 3.93. The van der Waals surface area contributed by atoms with Crippen molar-refractivity contribution in [3.63, 3.8) is 0 Å². The first-order valence-corrected chi connectivity index (χ1v) is 8.18. The van der Waals surface area contributed by atoms with Crippen LogP contribution in [0, 0.1) is 0 Å². The monoisotopic (exact) mass is 275 g/mol. The van der Waals surface area contributed by atoms with Crippen LogP contribution in [0.3, 0.4) is 0 Å². The van der Waals surface area contributed by atoms with E-state index in [1.54, 1.807) is 20.0 Å². The molecule has 1 aromatic heterocycles. The first kappa shape index (κ1) is 15.4. The van der Waals surface area contributed by atoms with Crippen LogP contribution in [-0.2, 0) is 26.2 Å². The molecule has 0 aliphatic rings. The fourth-order valence-corrected chi connectivity index (χ4v) is 3.10. The molecule has 0 unspecified atom stereocenters. The van der Waals surface area contributed by atoms with E-state index in [1.807, 2.05) is 0 Å². The molecule has 0 fully saturated rings. The Kier molecular flexibility index (Phi) is 6.61. The molecule has 0 spiro atoms. The van der Waals surface area contributed by atoms with Crippen LogP contribution in [0.15, 0.2) is 10.6 Å². The third kappa shape index (κ3) is 4.92. The first-order chi connectivity index (χ1) is 8.63. The van der Waals surface area contributed by atoms with E-state index >= 15 is 0 Å². The van der Waals surface area contributed by atoms with Crippen molar-refractivity contribution >= 4 is 7.60 Å². The minimum atomic E-state index is -3.11. The van der Waals surface area contributed by atoms with E-state index in [2.05, 4.69) is 11.9 Å². The lowest BCUT2D eigenvalue weighted by atomic mass is 10.2. The largest absolute Gasteiger partial charge is 0.445 e. The van der Waals surface area contributed by atoms with Crippen molar-refractivity contribution in [2.75, 3.05) is 13.2 Å². The quantitative estimate of drug-likeness (QED) is 0.642. The standard InChI is InChI=1S/C12H22NO4P/c1-4-7-8-11-9-13-12(17-11)10-18(14,15-5-2)16-6-3/h9H,4-8,10H2,1-3H3. The lowest BCUT2D eigenvalue weighted by Gasteiger charge is -2.14. The van der Waals surface area contributed by atoms with Crippen molar-refractivity contribution < 1.29 is 18.0 Å². The Bertz CT molecular complexity index is 381. The number of rotatable bonds is 9. The van der Waals surface area contributed by atoms with Crippen LogP contribution in [0.5, 0.6) is 0 Å². The predicted molar refractivity (Wildman–Crippen MR) is 69.7 cm³/mol. The number of unbranched alkanes of at least 4 members (excludes halogenated alkanes) is 1. The summed E-state index contributed by atoms with van der Waals surface area (Å²) in [5, 5.41) is 0. The molecule has 0 amide bonds. The molecule has 0 aliphatic carbocycles. The van der Waals surface area contributed by atoms with Crippen molar-refractivity contribution in [2.45, 2.75) is 46.2 Å². The highest BCUT2D eigenvalue weighted by Crippen LogP contribution is 2.51. The van der Waals surface area contributed by atoms with Gasteiger partial charge in [0.2, 0.25) is 5.89 Å². The molecule has 0 bridgehead atoms. The Balaban J connectivity index is 2.63. The molecule has 0 saturated heterocycles. The Morgan fingerprint density at radius 1 is 1.28 bits per heavy atom. The van der Waals surface area contributed by atoms with Crippen LogP contribution in [0.25, 0.3) is 0 Å². The second kappa shape index (κ2) is 7.72. The van der Waals surface area contributed by atoms with E-state index in [0.29, 0.717) is 19.1 Å². The maximum atomic E-state index is 12.3. The fraction of sp³-hybridized carbons (Fsp3) is 0.750. The summed E-state index contributed by atoms with van der Waals surface area (Å²) in [6.45, 7) is 6.39. The SMILES string of the molecule is CCCCc1cnc(CP(=O)(OCC)OCC)o1. The molecule has 0 aliphatic heterocycles. The van der Waals surface area contributed by atoms with Gasteiger partial charge in [0.25, 0.3) is 0 Å². The minimum Gasteiger partial charge on any atom is -0.445 e. The van der Waals surface area contributed by atoms with Gasteiger partial charge in [0.15, 0.2) is 0 Å². The van der Waals surface area contributed by atoms with Gasteiger partial charge in [0.1, 0.15) is 11.9 Å². The van der Waals surface area contributed by atoms with Gasteiger partial charge >= 0.3 is 7.60 Å². The van der Waals surface area contributed by atoms with Gasteiger partial charge in [-0.15, -0.1) is 0 Å². The second-order valence-corrected chi connectivity index (χ2v) is 5.98. The van der Waals surface area contributed by atoms with Crippen LogP contribution in [0.1, 0.15) is 45.3 Å². The highest BCUT2D eigenvalue weighted by molar-refractivity contribution is 7.52. The molecule has 1 aromatic rings. The topological polar surface area (TPSA) is 61.6 Å². The number of nitrogens with zero attached hydrogens (tertiary/aromatic N) is 1. The van der Waals surface area contributed by atoms with Crippen molar-refractivity contribution in [1.82, 2.24) is 4.98 Å². The molecule has 18 heavy (non-hydrogen) atoms. The lowest BCUT2D eigenvalue weighted by molar-refractivity contribution is 0.216. The van der Waals surface area contributed by atoms with Gasteiger partial charge in [-0.05, 0) is 20.3 Å². The van der Waals surface area contributed by atoms with Gasteiger partial charge in [0, 0.05) is 6.42 Å². The number of hydrogen-bond donors (Lipinski definition) is 0. The van der Waals surface area contributed by atoms with Crippen LogP contribution >= 0.6 is 7.60 Å². The van der Waals surface area contributed by atoms with Crippen molar-refractivity contribution in [2.24, 2.45) is 0 Å². The van der Waals surface area contributed by atoms with Crippen LogP contribution in [0.2, 0.25) is 0 Å². The Morgan fingerprint density at radius 2 is 1.94 bits per heavy atom. The van der Waals surface area contributed by atoms with Crippen LogP contribution in [0.4, 0.5) is 0 Å². The molecule has 0 radical (unpaired) electrons. The van der Waals surface area contributed by atoms with Crippen LogP contribution in [-0.4, -0.2) is 18.2 Å². The zero-order valence-electron chi connectivity index (χ0n) is 11.3. The smallest absolute Gasteiger partial charge is 0.339 e. The minimum absolute atomic E-state index is 0.0980. The highest BCUT2D eigenvalue weighted by atomic mass is 31.2. The van der Waals surface area contributed by atoms with Gasteiger partial charge in [-0.1, -0.05) is 13.3 Å². The zero-order valence-corrected chi connectivity index (χ0v) is 12.2. The summed E-state index contributed by atoms with van der Waals surface area (Å²) < 4.78 is 28.2. The maximum absolute atomic E-state index is 12.3. The van der Waals surface area contributed by atoms with Gasteiger partial charge in [-0.25, -0.2) is 4.98 Å². The number of hydrogen-bond acceptors (Lipinski definition) is 5. The maximum Gasteiger partial charge on any atom is 0.339 e. The van der Waals surface area contributed by atoms with Gasteiger partial charge < -0.3 is 13.5 Å². The molecule has 0 aromatic carbocycles. The average molecular weight is 275 g/mol. The Labute approximate surface area is 108 Å². The first-order valence-electron chi connectivity index (χ1n) is 6.45. The summed E-state index contributed by atoms with van der Waals surface area (Å²) in [5.41, 5.74) is 0. The Hall–Kier alpha value is -0.640. The molecule has 0 saturated carbocycles. The van der Waals surface area contributed by atoms with E-state index in [1.165, 1.54) is 0 Å². The number of aromatic nitrogens is 1. The number of oxazole rings is 1. The van der Waals surface area contributed by atoms with Crippen molar-refractivity contribution in [1.29, 1.82) is 0 Å². The van der Waals surface area contributed by atoms with Crippen molar-refractivity contribution in [3.8, 4) is 0 Å². The van der Waals surface area contributed by atoms with Gasteiger partial charge in [0.05, 0.1) is 19.4 Å². The summed E-state index contributed by atoms with van der Waals surface area (Å²) in [6, 6.07) is 0. The summed E-state index contributed by atoms with van der Waals surface area (Å²) >= 11 is 0. The fourth-order valence-electron chi connectivity index (χ4n) is 1.58. The van der Waals surface area contributed by atoms with Gasteiger partial charge in [-0.3, -0.25) is 4.57 Å². The summed E-state index contributed by atoms with van der Waals surface area (Å²) in [6.07, 6.45) is 4.81. The molecular formula is C12H22NO4P. The molecule has 104 valence electrons. The summed E-state index contributed by atoms with van der Waals surface area (Å²) in [7, 11) is -3.11. The van der Waals surface area contributed by atoms with Gasteiger partial charge in [-0.2, -0.15) is 0 Å². The van der Waals surface area contributed by atoms with Crippen LogP contribution < -0.4 is 0 Å². The highest BCUT2D eigenvalue weighted by Gasteiger charge is 2.26. The third-order valence-electron chi connectivity index (χ3n) is 2.36. The molecular weight excluding hydrogens is 253 g/mol. The van der Waals surface area contributed by atoms with E-state index in [-0.39, 0.29) is 6.16 Å². The summed E-state index contributed by atoms with van der Waals surface area (Å²) in [4.78, 5) is 4.12. The molecule has 0 N–H and O–H groups in total. The Morgan fingerprint density at radius 3 is 2.50 bits per heavy atom. The zero-order chi connectivity index (χ0) is 13.4. The van der Waals surface area contributed by atoms with E-state index in [4.69, 9.17) is 13.5 Å². The molecule has 1 heterocycles. The summed E-state index contributed by atoms with van der Waals surface area (Å²) in [5.74, 6) is 1.25. The molecule has 6 heteroatoms. The average Bonchev–Trinajstić information content (AvgIpc) is 2.74. The van der Waals surface area contributed by atoms with E-state index in [9.17, 15) is 4.57 Å².